The maximum absolute atomic E-state index is 13.0. The molecule has 2 N–H and O–H groups in total. The Morgan fingerprint density at radius 1 is 1.47 bits per heavy atom. The van der Waals surface area contributed by atoms with Crippen LogP contribution in [-0.4, -0.2) is 29.9 Å². The zero-order chi connectivity index (χ0) is 13.1. The zero-order valence-corrected chi connectivity index (χ0v) is 12.0. The molecule has 0 bridgehead atoms. The van der Waals surface area contributed by atoms with Crippen molar-refractivity contribution < 1.29 is 9.18 Å². The molecule has 1 unspecified atom stereocenters. The van der Waals surface area contributed by atoms with Crippen LogP contribution < -0.4 is 5.73 Å². The van der Waals surface area contributed by atoms with Gasteiger partial charge in [-0.05, 0) is 37.5 Å². The van der Waals surface area contributed by atoms with Gasteiger partial charge in [0.05, 0.1) is 10.6 Å². The Kier molecular flexibility index (Phi) is 6.04. The van der Waals surface area contributed by atoms with Crippen molar-refractivity contribution in [2.24, 2.45) is 5.73 Å². The summed E-state index contributed by atoms with van der Waals surface area (Å²) in [7, 11) is 0. The fourth-order valence-corrected chi connectivity index (χ4v) is 2.58. The quantitative estimate of drug-likeness (QED) is 0.913. The Morgan fingerprint density at radius 2 is 2.21 bits per heavy atom. The van der Waals surface area contributed by atoms with E-state index in [1.165, 1.54) is 12.1 Å². The normalized spacial score (nSPS) is 18.9. The molecule has 2 rings (SSSR count). The first kappa shape index (κ1) is 16.2. The zero-order valence-electron chi connectivity index (χ0n) is 10.4. The van der Waals surface area contributed by atoms with Crippen LogP contribution in [0.15, 0.2) is 18.2 Å². The van der Waals surface area contributed by atoms with Crippen LogP contribution in [0.5, 0.6) is 0 Å². The maximum Gasteiger partial charge on any atom is 0.255 e. The number of piperidine rings is 1. The molecule has 1 amide bonds. The Morgan fingerprint density at radius 3 is 2.84 bits per heavy atom. The average Bonchev–Trinajstić information content (AvgIpc) is 2.38. The molecule has 0 saturated carbocycles. The van der Waals surface area contributed by atoms with Crippen molar-refractivity contribution in [2.75, 3.05) is 13.1 Å². The van der Waals surface area contributed by atoms with Crippen molar-refractivity contribution in [1.82, 2.24) is 4.90 Å². The van der Waals surface area contributed by atoms with E-state index in [1.54, 1.807) is 4.90 Å². The van der Waals surface area contributed by atoms with Crippen molar-refractivity contribution in [3.8, 4) is 0 Å². The lowest BCUT2D eigenvalue weighted by Gasteiger charge is -2.35. The number of likely N-dealkylation sites (tertiary alicyclic amines) is 1. The van der Waals surface area contributed by atoms with Crippen molar-refractivity contribution >= 4 is 29.9 Å². The standard InChI is InChI=1S/C13H16ClFN2O.ClH/c14-12-7-9(15)4-5-11(12)13(18)17-6-2-1-3-10(17)8-16;/h4-5,7,10H,1-3,6,8,16H2;1H. The van der Waals surface area contributed by atoms with Gasteiger partial charge in [-0.25, -0.2) is 4.39 Å². The monoisotopic (exact) mass is 306 g/mol. The predicted octanol–water partition coefficient (Wildman–Crippen LogP) is 2.85. The third kappa shape index (κ3) is 3.59. The van der Waals surface area contributed by atoms with E-state index >= 15 is 0 Å². The Balaban J connectivity index is 0.00000180. The van der Waals surface area contributed by atoms with E-state index in [4.69, 9.17) is 17.3 Å². The van der Waals surface area contributed by atoms with E-state index in [-0.39, 0.29) is 29.4 Å². The summed E-state index contributed by atoms with van der Waals surface area (Å²) in [5, 5.41) is 0.154. The largest absolute Gasteiger partial charge is 0.334 e. The summed E-state index contributed by atoms with van der Waals surface area (Å²) in [6.07, 6.45) is 2.98. The number of rotatable bonds is 2. The Bertz CT molecular complexity index is 456. The minimum atomic E-state index is -0.439. The van der Waals surface area contributed by atoms with Crippen LogP contribution in [0.1, 0.15) is 29.6 Å². The molecule has 1 aromatic carbocycles. The first-order chi connectivity index (χ1) is 8.63. The number of nitrogens with two attached hydrogens (primary N) is 1. The lowest BCUT2D eigenvalue weighted by atomic mass is 10.0. The number of nitrogens with zero attached hydrogens (tertiary/aromatic N) is 1. The molecule has 1 aromatic rings. The summed E-state index contributed by atoms with van der Waals surface area (Å²) in [6, 6.07) is 3.91. The molecular weight excluding hydrogens is 290 g/mol. The van der Waals surface area contributed by atoms with Crippen LogP contribution in [0.4, 0.5) is 4.39 Å². The molecule has 0 aliphatic carbocycles. The highest BCUT2D eigenvalue weighted by atomic mass is 35.5. The Hall–Kier alpha value is -0.840. The van der Waals surface area contributed by atoms with Crippen molar-refractivity contribution in [2.45, 2.75) is 25.3 Å². The third-order valence-corrected chi connectivity index (χ3v) is 3.63. The van der Waals surface area contributed by atoms with E-state index in [1.807, 2.05) is 0 Å². The van der Waals surface area contributed by atoms with Gasteiger partial charge in [0.25, 0.3) is 5.91 Å². The van der Waals surface area contributed by atoms with E-state index in [2.05, 4.69) is 0 Å². The summed E-state index contributed by atoms with van der Waals surface area (Å²) in [6.45, 7) is 1.14. The van der Waals surface area contributed by atoms with Gasteiger partial charge < -0.3 is 10.6 Å². The fourth-order valence-electron chi connectivity index (χ4n) is 2.33. The van der Waals surface area contributed by atoms with Crippen molar-refractivity contribution in [1.29, 1.82) is 0 Å². The van der Waals surface area contributed by atoms with Gasteiger partial charge in [-0.2, -0.15) is 0 Å². The lowest BCUT2D eigenvalue weighted by Crippen LogP contribution is -2.47. The minimum absolute atomic E-state index is 0. The number of carbonyl (C=O) groups is 1. The van der Waals surface area contributed by atoms with Gasteiger partial charge in [0.2, 0.25) is 0 Å². The van der Waals surface area contributed by atoms with Crippen LogP contribution in [0, 0.1) is 5.82 Å². The maximum atomic E-state index is 13.0. The van der Waals surface area contributed by atoms with Gasteiger partial charge in [-0.15, -0.1) is 12.4 Å². The van der Waals surface area contributed by atoms with Crippen LogP contribution in [0.2, 0.25) is 5.02 Å². The van der Waals surface area contributed by atoms with Crippen molar-refractivity contribution in [3.05, 3.63) is 34.6 Å². The summed E-state index contributed by atoms with van der Waals surface area (Å²) in [5.74, 6) is -0.597. The summed E-state index contributed by atoms with van der Waals surface area (Å²) < 4.78 is 13.0. The number of carbonyl (C=O) groups excluding carboxylic acids is 1. The van der Waals surface area contributed by atoms with E-state index < -0.39 is 5.82 Å². The van der Waals surface area contributed by atoms with E-state index in [9.17, 15) is 9.18 Å². The van der Waals surface area contributed by atoms with Gasteiger partial charge in [0.15, 0.2) is 0 Å². The highest BCUT2D eigenvalue weighted by Gasteiger charge is 2.27. The highest BCUT2D eigenvalue weighted by molar-refractivity contribution is 6.33. The van der Waals surface area contributed by atoms with Crippen LogP contribution >= 0.6 is 24.0 Å². The smallest absolute Gasteiger partial charge is 0.255 e. The molecule has 0 radical (unpaired) electrons. The SMILES string of the molecule is Cl.NCC1CCCCN1C(=O)c1ccc(F)cc1Cl. The molecule has 6 heteroatoms. The van der Waals surface area contributed by atoms with Gasteiger partial charge >= 0.3 is 0 Å². The second-order valence-corrected chi connectivity index (χ2v) is 4.92. The first-order valence-electron chi connectivity index (χ1n) is 6.09. The second kappa shape index (κ2) is 7.08. The molecule has 1 aliphatic heterocycles. The number of benzene rings is 1. The predicted molar refractivity (Wildman–Crippen MR) is 76.4 cm³/mol. The van der Waals surface area contributed by atoms with E-state index in [0.29, 0.717) is 18.7 Å². The van der Waals surface area contributed by atoms with Gasteiger partial charge in [0, 0.05) is 19.1 Å². The minimum Gasteiger partial charge on any atom is -0.334 e. The topological polar surface area (TPSA) is 46.3 Å². The number of halogens is 3. The molecule has 0 spiro atoms. The Labute approximate surface area is 123 Å². The third-order valence-electron chi connectivity index (χ3n) is 3.32. The molecule has 1 fully saturated rings. The molecule has 3 nitrogen and oxygen atoms in total. The molecule has 19 heavy (non-hydrogen) atoms. The molecule has 1 atom stereocenters. The van der Waals surface area contributed by atoms with Crippen molar-refractivity contribution in [3.63, 3.8) is 0 Å². The molecule has 1 heterocycles. The van der Waals surface area contributed by atoms with Gasteiger partial charge in [0.1, 0.15) is 5.82 Å². The number of amides is 1. The molecule has 106 valence electrons. The lowest BCUT2D eigenvalue weighted by molar-refractivity contribution is 0.0623. The summed E-state index contributed by atoms with van der Waals surface area (Å²) in [4.78, 5) is 14.1. The van der Waals surface area contributed by atoms with Crippen LogP contribution in [0.3, 0.4) is 0 Å². The van der Waals surface area contributed by atoms with E-state index in [0.717, 1.165) is 25.3 Å². The first-order valence-corrected chi connectivity index (χ1v) is 6.47. The second-order valence-electron chi connectivity index (χ2n) is 4.51. The highest BCUT2D eigenvalue weighted by Crippen LogP contribution is 2.23. The molecule has 0 aromatic heterocycles. The number of hydrogen-bond donors (Lipinski definition) is 1. The summed E-state index contributed by atoms with van der Waals surface area (Å²) >= 11 is 5.92. The van der Waals surface area contributed by atoms with Crippen LogP contribution in [-0.2, 0) is 0 Å². The van der Waals surface area contributed by atoms with Gasteiger partial charge in [-0.3, -0.25) is 4.79 Å². The molecule has 1 aliphatic rings. The molecule has 1 saturated heterocycles. The number of hydrogen-bond acceptors (Lipinski definition) is 2. The molecular formula is C13H17Cl2FN2O. The summed E-state index contributed by atoms with van der Waals surface area (Å²) in [5.41, 5.74) is 6.03. The van der Waals surface area contributed by atoms with Crippen LogP contribution in [0.25, 0.3) is 0 Å². The van der Waals surface area contributed by atoms with Gasteiger partial charge in [-0.1, -0.05) is 11.6 Å². The fraction of sp³-hybridized carbons (Fsp3) is 0.462. The average molecular weight is 307 g/mol.